The lowest BCUT2D eigenvalue weighted by atomic mass is 9.91. The average molecular weight is 662 g/mol. The van der Waals surface area contributed by atoms with E-state index in [1.807, 2.05) is 4.90 Å². The fraction of sp³-hybridized carbons (Fsp3) is 0.457. The number of nitrogens with zero attached hydrogens (tertiary/aromatic N) is 5. The molecule has 1 N–H and O–H groups in total. The molecule has 8 nitrogen and oxygen atoms in total. The maximum Gasteiger partial charge on any atom is 0.319 e. The molecule has 4 fully saturated rings. The molecule has 1 spiro atoms. The second-order valence-electron chi connectivity index (χ2n) is 13.4. The van der Waals surface area contributed by atoms with Gasteiger partial charge in [0, 0.05) is 64.5 Å². The molecular weight excluding hydrogens is 627 g/mol. The molecular formula is C35H34F3N5O3S. The van der Waals surface area contributed by atoms with Gasteiger partial charge in [-0.15, -0.1) is 6.42 Å². The minimum absolute atomic E-state index is 0.0343. The summed E-state index contributed by atoms with van der Waals surface area (Å²) < 4.78 is 65.1. The number of halogens is 3. The average Bonchev–Trinajstić information content (AvgIpc) is 3.71. The molecule has 8 rings (SSSR count). The van der Waals surface area contributed by atoms with Gasteiger partial charge in [-0.1, -0.05) is 12.0 Å². The Kier molecular flexibility index (Phi) is 7.33. The number of phenolic OH excluding ortho intramolecular Hbond substituents is 1. The Hall–Kier alpha value is -3.95. The molecule has 0 amide bonds. The van der Waals surface area contributed by atoms with Gasteiger partial charge >= 0.3 is 6.01 Å². The van der Waals surface area contributed by atoms with Gasteiger partial charge in [-0.3, -0.25) is 14.1 Å². The molecule has 0 aliphatic carbocycles. The summed E-state index contributed by atoms with van der Waals surface area (Å²) in [6, 6.07) is 5.39. The molecule has 47 heavy (non-hydrogen) atoms. The van der Waals surface area contributed by atoms with Crippen molar-refractivity contribution in [3.05, 3.63) is 47.7 Å². The van der Waals surface area contributed by atoms with Crippen LogP contribution in [-0.2, 0) is 10.8 Å². The van der Waals surface area contributed by atoms with E-state index in [4.69, 9.17) is 16.1 Å². The number of aromatic hydroxyl groups is 1. The standard InChI is InChI=1S/C35H34F3N5O3S/c1-2-24-27(37)6-5-21-15-23(44)16-25(28(21)24)30-29(38)31-26(18-39-30)32(42-12-9-35(10-13-42)8-4-14-47(35)45)41-33(40-31)46-20-34-7-3-11-43(34)19-22(36)17-34/h1,5-6,15-16,18,22,44H,3-4,7-14,17,19-20H2/t22-,34+,47?/m1/s1. The van der Waals surface area contributed by atoms with Gasteiger partial charge in [0.25, 0.3) is 0 Å². The van der Waals surface area contributed by atoms with Crippen LogP contribution in [0.3, 0.4) is 0 Å². The minimum atomic E-state index is -0.935. The Bertz CT molecular complexity index is 2000. The summed E-state index contributed by atoms with van der Waals surface area (Å²) in [7, 11) is -0.881. The Morgan fingerprint density at radius 1 is 1.11 bits per heavy atom. The number of pyridine rings is 1. The van der Waals surface area contributed by atoms with Crippen molar-refractivity contribution in [2.75, 3.05) is 43.4 Å². The summed E-state index contributed by atoms with van der Waals surface area (Å²) in [5.74, 6) is 1.92. The van der Waals surface area contributed by atoms with Crippen LogP contribution in [0, 0.1) is 24.0 Å². The normalized spacial score (nSPS) is 25.5. The number of fused-ring (bicyclic) bond motifs is 3. The predicted molar refractivity (Wildman–Crippen MR) is 175 cm³/mol. The van der Waals surface area contributed by atoms with Gasteiger partial charge in [-0.05, 0) is 68.7 Å². The summed E-state index contributed by atoms with van der Waals surface area (Å²) in [6.07, 6.45) is 11.6. The summed E-state index contributed by atoms with van der Waals surface area (Å²) in [5.41, 5.74) is -0.614. The van der Waals surface area contributed by atoms with Gasteiger partial charge in [0.15, 0.2) is 5.82 Å². The first-order chi connectivity index (χ1) is 22.7. The fourth-order valence-electron chi connectivity index (χ4n) is 8.37. The van der Waals surface area contributed by atoms with Crippen LogP contribution in [0.15, 0.2) is 30.5 Å². The summed E-state index contributed by atoms with van der Waals surface area (Å²) in [5, 5.41) is 11.6. The van der Waals surface area contributed by atoms with Gasteiger partial charge < -0.3 is 14.7 Å². The van der Waals surface area contributed by atoms with Crippen molar-refractivity contribution in [3.63, 3.8) is 0 Å². The van der Waals surface area contributed by atoms with Gasteiger partial charge in [0.05, 0.1) is 16.5 Å². The first-order valence-corrected chi connectivity index (χ1v) is 17.5. The van der Waals surface area contributed by atoms with E-state index in [9.17, 15) is 18.1 Å². The van der Waals surface area contributed by atoms with E-state index in [0.29, 0.717) is 42.6 Å². The molecule has 2 aromatic carbocycles. The molecule has 4 aromatic rings. The number of benzene rings is 2. The van der Waals surface area contributed by atoms with E-state index in [0.717, 1.165) is 50.8 Å². The number of terminal acetylenes is 1. The lowest BCUT2D eigenvalue weighted by Gasteiger charge is -2.39. The molecule has 4 saturated heterocycles. The zero-order chi connectivity index (χ0) is 32.5. The molecule has 4 aliphatic heterocycles. The van der Waals surface area contributed by atoms with Gasteiger partial charge in [0.1, 0.15) is 41.4 Å². The Balaban J connectivity index is 1.25. The maximum absolute atomic E-state index is 16.8. The molecule has 0 saturated carbocycles. The predicted octanol–water partition coefficient (Wildman–Crippen LogP) is 5.65. The number of anilines is 1. The highest BCUT2D eigenvalue weighted by molar-refractivity contribution is 7.86. The molecule has 1 unspecified atom stereocenters. The van der Waals surface area contributed by atoms with Crippen LogP contribution >= 0.6 is 0 Å². The van der Waals surface area contributed by atoms with Crippen molar-refractivity contribution in [2.45, 2.75) is 61.4 Å². The largest absolute Gasteiger partial charge is 0.508 e. The van der Waals surface area contributed by atoms with Crippen molar-refractivity contribution < 1.29 is 27.2 Å². The SMILES string of the molecule is C#Cc1c(F)ccc2cc(O)cc(-c3ncc4c(N5CCC6(CCCS6=O)CC5)nc(OC[C@@]56CCCN5C[C@H](F)C6)nc4c3F)c12. The third kappa shape index (κ3) is 4.92. The first kappa shape index (κ1) is 30.4. The number of hydrogen-bond donors (Lipinski definition) is 1. The molecule has 0 bridgehead atoms. The molecule has 12 heteroatoms. The van der Waals surface area contributed by atoms with Crippen molar-refractivity contribution in [1.29, 1.82) is 0 Å². The van der Waals surface area contributed by atoms with Crippen LogP contribution in [0.25, 0.3) is 32.9 Å². The van der Waals surface area contributed by atoms with Crippen LogP contribution in [0.5, 0.6) is 11.8 Å². The summed E-state index contributed by atoms with van der Waals surface area (Å²) in [6.45, 7) is 2.48. The lowest BCUT2D eigenvalue weighted by Crippen LogP contribution is -2.45. The zero-order valence-electron chi connectivity index (χ0n) is 25.8. The summed E-state index contributed by atoms with van der Waals surface area (Å²) in [4.78, 5) is 18.0. The van der Waals surface area contributed by atoms with Gasteiger partial charge in [-0.25, -0.2) is 13.2 Å². The number of piperidine rings is 1. The quantitative estimate of drug-likeness (QED) is 0.275. The zero-order valence-corrected chi connectivity index (χ0v) is 26.6. The second-order valence-corrected chi connectivity index (χ2v) is 15.3. The summed E-state index contributed by atoms with van der Waals surface area (Å²) >= 11 is 0. The fourth-order valence-corrected chi connectivity index (χ4v) is 10.2. The number of rotatable bonds is 5. The van der Waals surface area contributed by atoms with E-state index in [-0.39, 0.29) is 50.8 Å². The number of hydrogen-bond acceptors (Lipinski definition) is 8. The van der Waals surface area contributed by atoms with Crippen LogP contribution in [0.4, 0.5) is 19.0 Å². The third-order valence-corrected chi connectivity index (χ3v) is 13.0. The van der Waals surface area contributed by atoms with E-state index in [1.165, 1.54) is 30.5 Å². The van der Waals surface area contributed by atoms with Crippen LogP contribution in [-0.4, -0.2) is 84.2 Å². The maximum atomic E-state index is 16.8. The van der Waals surface area contributed by atoms with E-state index >= 15 is 4.39 Å². The van der Waals surface area contributed by atoms with Crippen molar-refractivity contribution in [1.82, 2.24) is 19.9 Å². The molecule has 4 aliphatic rings. The number of aromatic nitrogens is 3. The minimum Gasteiger partial charge on any atom is -0.508 e. The number of alkyl halides is 1. The monoisotopic (exact) mass is 661 g/mol. The number of phenols is 1. The Labute approximate surface area is 272 Å². The van der Waals surface area contributed by atoms with Crippen LogP contribution < -0.4 is 9.64 Å². The molecule has 2 aromatic heterocycles. The lowest BCUT2D eigenvalue weighted by molar-refractivity contribution is 0.107. The van der Waals surface area contributed by atoms with Crippen molar-refractivity contribution in [2.24, 2.45) is 0 Å². The van der Waals surface area contributed by atoms with Crippen LogP contribution in [0.2, 0.25) is 0 Å². The van der Waals surface area contributed by atoms with Gasteiger partial charge in [0.2, 0.25) is 0 Å². The van der Waals surface area contributed by atoms with E-state index in [2.05, 4.69) is 20.8 Å². The Morgan fingerprint density at radius 3 is 2.70 bits per heavy atom. The first-order valence-electron chi connectivity index (χ1n) is 16.1. The van der Waals surface area contributed by atoms with E-state index < -0.39 is 34.1 Å². The molecule has 244 valence electrons. The highest BCUT2D eigenvalue weighted by Gasteiger charge is 2.49. The Morgan fingerprint density at radius 2 is 1.94 bits per heavy atom. The molecule has 6 heterocycles. The van der Waals surface area contributed by atoms with Crippen molar-refractivity contribution >= 4 is 38.3 Å². The highest BCUT2D eigenvalue weighted by atomic mass is 32.2. The number of ether oxygens (including phenoxy) is 1. The van der Waals surface area contributed by atoms with Gasteiger partial charge in [-0.2, -0.15) is 9.97 Å². The molecule has 3 atom stereocenters. The topological polar surface area (TPSA) is 91.7 Å². The molecule has 0 radical (unpaired) electrons. The third-order valence-electron chi connectivity index (χ3n) is 10.7. The second kappa shape index (κ2) is 11.3. The van der Waals surface area contributed by atoms with Crippen molar-refractivity contribution in [3.8, 4) is 35.4 Å². The smallest absolute Gasteiger partial charge is 0.319 e. The highest BCUT2D eigenvalue weighted by Crippen LogP contribution is 2.43. The van der Waals surface area contributed by atoms with E-state index in [1.54, 1.807) is 0 Å². The van der Waals surface area contributed by atoms with Crippen LogP contribution in [0.1, 0.15) is 50.5 Å².